The van der Waals surface area contributed by atoms with Gasteiger partial charge in [-0.05, 0) is 32.9 Å². The van der Waals surface area contributed by atoms with Crippen molar-refractivity contribution in [2.24, 2.45) is 0 Å². The summed E-state index contributed by atoms with van der Waals surface area (Å²) in [6, 6.07) is 3.57. The molecule has 0 saturated carbocycles. The van der Waals surface area contributed by atoms with Crippen molar-refractivity contribution in [3.8, 4) is 0 Å². The largest absolute Gasteiger partial charge is 0.444 e. The minimum absolute atomic E-state index is 0.263. The Bertz CT molecular complexity index is 447. The van der Waals surface area contributed by atoms with E-state index in [-0.39, 0.29) is 6.10 Å². The van der Waals surface area contributed by atoms with E-state index in [2.05, 4.69) is 10.3 Å². The molecule has 6 heteroatoms. The fourth-order valence-corrected chi connectivity index (χ4v) is 1.71. The lowest BCUT2D eigenvalue weighted by molar-refractivity contribution is 0.0636. The molecule has 2 heterocycles. The van der Waals surface area contributed by atoms with Crippen molar-refractivity contribution in [3.63, 3.8) is 0 Å². The van der Waals surface area contributed by atoms with Crippen molar-refractivity contribution in [1.29, 1.82) is 0 Å². The molecule has 2 N–H and O–H groups in total. The topological polar surface area (TPSA) is 74.7 Å². The lowest BCUT2D eigenvalue weighted by Crippen LogP contribution is -2.51. The van der Waals surface area contributed by atoms with Gasteiger partial charge >= 0.3 is 6.09 Å². The molecule has 0 unspecified atom stereocenters. The predicted molar refractivity (Wildman–Crippen MR) is 72.3 cm³/mol. The third-order valence-electron chi connectivity index (χ3n) is 2.58. The molecule has 0 aromatic carbocycles. The van der Waals surface area contributed by atoms with Crippen LogP contribution >= 0.6 is 0 Å². The van der Waals surface area contributed by atoms with Crippen LogP contribution in [0.4, 0.5) is 16.3 Å². The minimum atomic E-state index is -0.523. The summed E-state index contributed by atoms with van der Waals surface area (Å²) >= 11 is 0. The molecule has 1 aliphatic heterocycles. The van der Waals surface area contributed by atoms with Crippen LogP contribution in [-0.4, -0.2) is 41.0 Å². The zero-order valence-corrected chi connectivity index (χ0v) is 11.4. The van der Waals surface area contributed by atoms with E-state index in [1.807, 2.05) is 25.7 Å². The molecule has 6 nitrogen and oxygen atoms in total. The highest BCUT2D eigenvalue weighted by Crippen LogP contribution is 2.20. The van der Waals surface area contributed by atoms with Gasteiger partial charge in [0.1, 0.15) is 11.4 Å². The van der Waals surface area contributed by atoms with Gasteiger partial charge < -0.3 is 14.7 Å². The summed E-state index contributed by atoms with van der Waals surface area (Å²) in [6.07, 6.45) is 0.812. The highest BCUT2D eigenvalue weighted by molar-refractivity contribution is 5.84. The third-order valence-corrected chi connectivity index (χ3v) is 2.58. The summed E-state index contributed by atoms with van der Waals surface area (Å²) in [5.74, 6) is 0.792. The van der Waals surface area contributed by atoms with E-state index in [1.54, 1.807) is 18.3 Å². The molecular weight excluding hydrogens is 246 g/mol. The van der Waals surface area contributed by atoms with Gasteiger partial charge in [-0.25, -0.2) is 9.78 Å². The van der Waals surface area contributed by atoms with Gasteiger partial charge in [-0.3, -0.25) is 5.32 Å². The maximum Gasteiger partial charge on any atom is 0.412 e. The second kappa shape index (κ2) is 5.05. The van der Waals surface area contributed by atoms with Gasteiger partial charge in [0, 0.05) is 13.1 Å². The molecule has 0 radical (unpaired) electrons. The second-order valence-corrected chi connectivity index (χ2v) is 5.59. The first-order valence-electron chi connectivity index (χ1n) is 6.22. The van der Waals surface area contributed by atoms with E-state index in [1.165, 1.54) is 0 Å². The number of amides is 1. The summed E-state index contributed by atoms with van der Waals surface area (Å²) in [5, 5.41) is 11.8. The van der Waals surface area contributed by atoms with Crippen molar-refractivity contribution in [2.45, 2.75) is 32.5 Å². The van der Waals surface area contributed by atoms with E-state index in [9.17, 15) is 9.90 Å². The van der Waals surface area contributed by atoms with Crippen LogP contribution in [-0.2, 0) is 4.74 Å². The Labute approximate surface area is 112 Å². The minimum Gasteiger partial charge on any atom is -0.444 e. The van der Waals surface area contributed by atoms with Crippen LogP contribution in [0.1, 0.15) is 20.8 Å². The SMILES string of the molecule is CC(C)(C)OC(=O)Nc1ccc(N2CC(O)C2)nc1. The Morgan fingerprint density at radius 2 is 2.16 bits per heavy atom. The second-order valence-electron chi connectivity index (χ2n) is 5.59. The summed E-state index contributed by atoms with van der Waals surface area (Å²) in [5.41, 5.74) is 0.0599. The van der Waals surface area contributed by atoms with Crippen molar-refractivity contribution in [1.82, 2.24) is 4.98 Å². The lowest BCUT2D eigenvalue weighted by atomic mass is 10.2. The molecular formula is C13H19N3O3. The van der Waals surface area contributed by atoms with Crippen LogP contribution in [0.3, 0.4) is 0 Å². The molecule has 0 bridgehead atoms. The standard InChI is InChI=1S/C13H19N3O3/c1-13(2,3)19-12(18)15-9-4-5-11(14-6-9)16-7-10(17)8-16/h4-6,10,17H,7-8H2,1-3H3,(H,15,18). The zero-order chi connectivity index (χ0) is 14.0. The normalized spacial score (nSPS) is 15.9. The molecule has 1 aromatic heterocycles. The number of anilines is 2. The predicted octanol–water partition coefficient (Wildman–Crippen LogP) is 1.61. The molecule has 0 spiro atoms. The average Bonchev–Trinajstić information content (AvgIpc) is 2.23. The first kappa shape index (κ1) is 13.6. The molecule has 0 atom stereocenters. The van der Waals surface area contributed by atoms with Gasteiger partial charge in [0.2, 0.25) is 0 Å². The lowest BCUT2D eigenvalue weighted by Gasteiger charge is -2.36. The maximum atomic E-state index is 11.6. The Hall–Kier alpha value is -1.82. The van der Waals surface area contributed by atoms with E-state index >= 15 is 0 Å². The highest BCUT2D eigenvalue weighted by Gasteiger charge is 2.25. The molecule has 104 valence electrons. The molecule has 1 saturated heterocycles. The number of carbonyl (C=O) groups is 1. The van der Waals surface area contributed by atoms with Gasteiger partial charge in [0.15, 0.2) is 0 Å². The molecule has 1 aromatic rings. The summed E-state index contributed by atoms with van der Waals surface area (Å²) < 4.78 is 5.14. The van der Waals surface area contributed by atoms with Gasteiger partial charge in [0.25, 0.3) is 0 Å². The number of rotatable bonds is 2. The van der Waals surface area contributed by atoms with Gasteiger partial charge in [0.05, 0.1) is 18.0 Å². The number of nitrogens with zero attached hydrogens (tertiary/aromatic N) is 2. The monoisotopic (exact) mass is 265 g/mol. The molecule has 2 rings (SSSR count). The number of nitrogens with one attached hydrogen (secondary N) is 1. The van der Waals surface area contributed by atoms with Crippen LogP contribution in [0.5, 0.6) is 0 Å². The maximum absolute atomic E-state index is 11.6. The number of aliphatic hydroxyl groups is 1. The summed E-state index contributed by atoms with van der Waals surface area (Å²) in [6.45, 7) is 6.63. The smallest absolute Gasteiger partial charge is 0.412 e. The van der Waals surface area contributed by atoms with E-state index < -0.39 is 11.7 Å². The van der Waals surface area contributed by atoms with E-state index in [4.69, 9.17) is 4.74 Å². The van der Waals surface area contributed by atoms with Crippen molar-refractivity contribution >= 4 is 17.6 Å². The van der Waals surface area contributed by atoms with Crippen LogP contribution in [0.2, 0.25) is 0 Å². The van der Waals surface area contributed by atoms with Gasteiger partial charge in [-0.1, -0.05) is 0 Å². The number of pyridine rings is 1. The summed E-state index contributed by atoms with van der Waals surface area (Å²) in [7, 11) is 0. The number of ether oxygens (including phenoxy) is 1. The fraction of sp³-hybridized carbons (Fsp3) is 0.538. The first-order valence-corrected chi connectivity index (χ1v) is 6.22. The molecule has 0 aliphatic carbocycles. The van der Waals surface area contributed by atoms with E-state index in [0.29, 0.717) is 18.8 Å². The van der Waals surface area contributed by atoms with Crippen LogP contribution in [0, 0.1) is 0 Å². The Morgan fingerprint density at radius 1 is 1.47 bits per heavy atom. The Balaban J connectivity index is 1.90. The fourth-order valence-electron chi connectivity index (χ4n) is 1.71. The van der Waals surface area contributed by atoms with Crippen LogP contribution in [0.25, 0.3) is 0 Å². The average molecular weight is 265 g/mol. The van der Waals surface area contributed by atoms with Crippen molar-refractivity contribution in [2.75, 3.05) is 23.3 Å². The first-order chi connectivity index (χ1) is 8.83. The van der Waals surface area contributed by atoms with Crippen LogP contribution in [0.15, 0.2) is 18.3 Å². The third kappa shape index (κ3) is 3.82. The van der Waals surface area contributed by atoms with Gasteiger partial charge in [-0.2, -0.15) is 0 Å². The number of carbonyl (C=O) groups excluding carboxylic acids is 1. The Morgan fingerprint density at radius 3 is 2.63 bits per heavy atom. The number of hydrogen-bond donors (Lipinski definition) is 2. The Kier molecular flexibility index (Phi) is 3.61. The highest BCUT2D eigenvalue weighted by atomic mass is 16.6. The molecule has 19 heavy (non-hydrogen) atoms. The quantitative estimate of drug-likeness (QED) is 0.849. The molecule has 1 fully saturated rings. The molecule has 1 aliphatic rings. The number of β-amino-alcohol motifs (C(OH)–C–C–N with tert-alkyl or cyclic N) is 1. The van der Waals surface area contributed by atoms with E-state index in [0.717, 1.165) is 5.82 Å². The number of hydrogen-bond acceptors (Lipinski definition) is 5. The van der Waals surface area contributed by atoms with Crippen molar-refractivity contribution in [3.05, 3.63) is 18.3 Å². The number of aromatic nitrogens is 1. The summed E-state index contributed by atoms with van der Waals surface area (Å²) in [4.78, 5) is 17.7. The zero-order valence-electron chi connectivity index (χ0n) is 11.4. The van der Waals surface area contributed by atoms with Crippen molar-refractivity contribution < 1.29 is 14.6 Å². The number of aliphatic hydroxyl groups excluding tert-OH is 1. The molecule has 1 amide bonds. The van der Waals surface area contributed by atoms with Crippen LogP contribution < -0.4 is 10.2 Å². The van der Waals surface area contributed by atoms with Gasteiger partial charge in [-0.15, -0.1) is 0 Å².